The minimum atomic E-state index is -0.175. The number of rotatable bonds is 5. The summed E-state index contributed by atoms with van der Waals surface area (Å²) in [5.74, 6) is 6.38. The quantitative estimate of drug-likeness (QED) is 0.638. The van der Waals surface area contributed by atoms with E-state index in [4.69, 9.17) is 5.84 Å². The van der Waals surface area contributed by atoms with Crippen molar-refractivity contribution >= 4 is 21.4 Å². The molecule has 1 aliphatic rings. The van der Waals surface area contributed by atoms with Crippen molar-refractivity contribution in [1.29, 1.82) is 0 Å². The van der Waals surface area contributed by atoms with E-state index >= 15 is 0 Å². The highest BCUT2D eigenvalue weighted by Gasteiger charge is 2.23. The number of benzene rings is 1. The Hall–Kier alpha value is -0.970. The second kappa shape index (κ2) is 4.96. The van der Waals surface area contributed by atoms with Crippen LogP contribution in [0.1, 0.15) is 36.6 Å². The molecular weight excluding hydrogens is 247 g/mol. The van der Waals surface area contributed by atoms with E-state index < -0.39 is 0 Å². The number of hydrazine groups is 1. The summed E-state index contributed by atoms with van der Waals surface area (Å²) in [5, 5.41) is 1.10. The number of hydrogen-bond acceptors (Lipinski definition) is 3. The topological polar surface area (TPSA) is 38.0 Å². The molecule has 1 aliphatic carbocycles. The number of hydrogen-bond donors (Lipinski definition) is 2. The van der Waals surface area contributed by atoms with Crippen molar-refractivity contribution in [3.63, 3.8) is 0 Å². The van der Waals surface area contributed by atoms with Crippen LogP contribution in [0, 0.1) is 11.7 Å². The van der Waals surface area contributed by atoms with Gasteiger partial charge in [0.25, 0.3) is 0 Å². The molecule has 3 N–H and O–H groups in total. The third-order valence-corrected chi connectivity index (χ3v) is 4.82. The summed E-state index contributed by atoms with van der Waals surface area (Å²) < 4.78 is 14.2. The molecule has 0 radical (unpaired) electrons. The third kappa shape index (κ3) is 2.55. The average molecular weight is 264 g/mol. The number of halogens is 1. The molecule has 3 rings (SSSR count). The Labute approximate surface area is 110 Å². The SMILES string of the molecule is NNC(CCC1CC1)c1cc2ccc(F)cc2s1. The fourth-order valence-electron chi connectivity index (χ4n) is 2.31. The summed E-state index contributed by atoms with van der Waals surface area (Å²) in [5.41, 5.74) is 2.89. The van der Waals surface area contributed by atoms with E-state index in [1.54, 1.807) is 17.4 Å². The van der Waals surface area contributed by atoms with Crippen LogP contribution in [0.2, 0.25) is 0 Å². The highest BCUT2D eigenvalue weighted by molar-refractivity contribution is 7.19. The van der Waals surface area contributed by atoms with Gasteiger partial charge in [-0.1, -0.05) is 18.9 Å². The summed E-state index contributed by atoms with van der Waals surface area (Å²) in [6.07, 6.45) is 5.04. The van der Waals surface area contributed by atoms with Crippen LogP contribution in [0.15, 0.2) is 24.3 Å². The molecule has 0 amide bonds. The first-order valence-electron chi connectivity index (χ1n) is 6.41. The lowest BCUT2D eigenvalue weighted by atomic mass is 10.1. The minimum absolute atomic E-state index is 0.175. The molecule has 18 heavy (non-hydrogen) atoms. The van der Waals surface area contributed by atoms with Gasteiger partial charge in [0.05, 0.1) is 6.04 Å². The van der Waals surface area contributed by atoms with E-state index in [1.807, 2.05) is 6.07 Å². The summed E-state index contributed by atoms with van der Waals surface area (Å²) in [6, 6.07) is 7.26. The maximum atomic E-state index is 13.2. The number of fused-ring (bicyclic) bond motifs is 1. The zero-order valence-corrected chi connectivity index (χ0v) is 11.0. The maximum absolute atomic E-state index is 13.2. The first kappa shape index (κ1) is 12.1. The normalized spacial score (nSPS) is 17.2. The Kier molecular flexibility index (Phi) is 3.33. The van der Waals surface area contributed by atoms with E-state index in [0.29, 0.717) is 0 Å². The molecule has 2 nitrogen and oxygen atoms in total. The van der Waals surface area contributed by atoms with E-state index in [1.165, 1.54) is 30.2 Å². The van der Waals surface area contributed by atoms with Gasteiger partial charge in [-0.2, -0.15) is 0 Å². The van der Waals surface area contributed by atoms with E-state index in [-0.39, 0.29) is 11.9 Å². The molecule has 1 aromatic carbocycles. The van der Waals surface area contributed by atoms with Gasteiger partial charge >= 0.3 is 0 Å². The molecule has 0 bridgehead atoms. The first-order valence-corrected chi connectivity index (χ1v) is 7.23. The lowest BCUT2D eigenvalue weighted by molar-refractivity contribution is 0.488. The largest absolute Gasteiger partial charge is 0.271 e. The van der Waals surface area contributed by atoms with Crippen molar-refractivity contribution in [2.24, 2.45) is 11.8 Å². The Bertz CT molecular complexity index is 548. The van der Waals surface area contributed by atoms with Gasteiger partial charge in [0.15, 0.2) is 0 Å². The van der Waals surface area contributed by atoms with Crippen LogP contribution in [0.5, 0.6) is 0 Å². The summed E-state index contributed by atoms with van der Waals surface area (Å²) >= 11 is 1.63. The average Bonchev–Trinajstić information content (AvgIpc) is 3.09. The van der Waals surface area contributed by atoms with Crippen LogP contribution < -0.4 is 11.3 Å². The molecule has 0 saturated heterocycles. The Morgan fingerprint density at radius 2 is 2.22 bits per heavy atom. The second-order valence-electron chi connectivity index (χ2n) is 5.07. The van der Waals surface area contributed by atoms with E-state index in [9.17, 15) is 4.39 Å². The van der Waals surface area contributed by atoms with Gasteiger partial charge in [-0.3, -0.25) is 11.3 Å². The fourth-order valence-corrected chi connectivity index (χ4v) is 3.50. The predicted octanol–water partition coefficient (Wildman–Crippen LogP) is 3.74. The third-order valence-electron chi connectivity index (χ3n) is 3.61. The number of thiophene rings is 1. The Morgan fingerprint density at radius 1 is 1.39 bits per heavy atom. The fraction of sp³-hybridized carbons (Fsp3) is 0.429. The Balaban J connectivity index is 1.81. The van der Waals surface area contributed by atoms with E-state index in [0.717, 1.165) is 22.4 Å². The van der Waals surface area contributed by atoms with Crippen molar-refractivity contribution in [3.05, 3.63) is 35.0 Å². The van der Waals surface area contributed by atoms with Crippen LogP contribution in [0.3, 0.4) is 0 Å². The molecule has 1 aromatic heterocycles. The molecule has 2 aromatic rings. The van der Waals surface area contributed by atoms with Gasteiger partial charge in [0.2, 0.25) is 0 Å². The van der Waals surface area contributed by atoms with Crippen molar-refractivity contribution < 1.29 is 4.39 Å². The first-order chi connectivity index (χ1) is 8.76. The van der Waals surface area contributed by atoms with Gasteiger partial charge in [0, 0.05) is 9.58 Å². The summed E-state index contributed by atoms with van der Waals surface area (Å²) in [4.78, 5) is 1.21. The second-order valence-corrected chi connectivity index (χ2v) is 6.19. The zero-order chi connectivity index (χ0) is 12.5. The van der Waals surface area contributed by atoms with Crippen LogP contribution in [0.4, 0.5) is 4.39 Å². The van der Waals surface area contributed by atoms with Crippen LogP contribution in [-0.4, -0.2) is 0 Å². The molecule has 0 aliphatic heterocycles. The minimum Gasteiger partial charge on any atom is -0.271 e. The molecule has 1 saturated carbocycles. The standard InChI is InChI=1S/C14H17FN2S/c15-11-5-4-10-7-14(18-13(10)8-11)12(17-16)6-3-9-1-2-9/h4-5,7-9,12,17H,1-3,6,16H2. The van der Waals surface area contributed by atoms with Crippen molar-refractivity contribution in [1.82, 2.24) is 5.43 Å². The molecule has 0 spiro atoms. The molecule has 1 heterocycles. The lowest BCUT2D eigenvalue weighted by Crippen LogP contribution is -2.27. The zero-order valence-electron chi connectivity index (χ0n) is 10.2. The number of nitrogens with two attached hydrogens (primary N) is 1. The van der Waals surface area contributed by atoms with E-state index in [2.05, 4.69) is 11.5 Å². The monoisotopic (exact) mass is 264 g/mol. The summed E-state index contributed by atoms with van der Waals surface area (Å²) in [7, 11) is 0. The highest BCUT2D eigenvalue weighted by Crippen LogP contribution is 2.38. The van der Waals surface area contributed by atoms with Gasteiger partial charge in [-0.15, -0.1) is 11.3 Å². The molecular formula is C14H17FN2S. The molecule has 4 heteroatoms. The van der Waals surface area contributed by atoms with Gasteiger partial charge < -0.3 is 0 Å². The highest BCUT2D eigenvalue weighted by atomic mass is 32.1. The van der Waals surface area contributed by atoms with Crippen LogP contribution in [-0.2, 0) is 0 Å². The Morgan fingerprint density at radius 3 is 2.94 bits per heavy atom. The van der Waals surface area contributed by atoms with Crippen molar-refractivity contribution in [2.75, 3.05) is 0 Å². The molecule has 1 fully saturated rings. The summed E-state index contributed by atoms with van der Waals surface area (Å²) in [6.45, 7) is 0. The molecule has 1 atom stereocenters. The van der Waals surface area contributed by atoms with Crippen LogP contribution >= 0.6 is 11.3 Å². The number of nitrogens with one attached hydrogen (secondary N) is 1. The molecule has 1 unspecified atom stereocenters. The maximum Gasteiger partial charge on any atom is 0.124 e. The van der Waals surface area contributed by atoms with Crippen molar-refractivity contribution in [2.45, 2.75) is 31.7 Å². The van der Waals surface area contributed by atoms with Gasteiger partial charge in [-0.05, 0) is 42.3 Å². The predicted molar refractivity (Wildman–Crippen MR) is 73.8 cm³/mol. The lowest BCUT2D eigenvalue weighted by Gasteiger charge is -2.13. The van der Waals surface area contributed by atoms with Gasteiger partial charge in [0.1, 0.15) is 5.82 Å². The van der Waals surface area contributed by atoms with Gasteiger partial charge in [-0.25, -0.2) is 4.39 Å². The van der Waals surface area contributed by atoms with Crippen molar-refractivity contribution in [3.8, 4) is 0 Å². The smallest absolute Gasteiger partial charge is 0.124 e. The molecule has 96 valence electrons. The van der Waals surface area contributed by atoms with Crippen LogP contribution in [0.25, 0.3) is 10.1 Å².